The van der Waals surface area contributed by atoms with Gasteiger partial charge >= 0.3 is 5.69 Å². The molecule has 0 spiro atoms. The number of hydrogen-bond acceptors (Lipinski definition) is 7. The number of likely N-dealkylation sites (N-methyl/N-ethyl adjacent to an activating group) is 1. The quantitative estimate of drug-likeness (QED) is 0.680. The molecule has 1 aliphatic heterocycles. The first-order chi connectivity index (χ1) is 12.9. The van der Waals surface area contributed by atoms with Crippen LogP contribution in [-0.2, 0) is 13.1 Å². The Morgan fingerprint density at radius 1 is 1.30 bits per heavy atom. The molecule has 0 bridgehead atoms. The Labute approximate surface area is 155 Å². The third-order valence-electron chi connectivity index (χ3n) is 4.27. The van der Waals surface area contributed by atoms with E-state index < -0.39 is 17.0 Å². The van der Waals surface area contributed by atoms with Crippen molar-refractivity contribution < 1.29 is 14.3 Å². The molecule has 0 amide bonds. The van der Waals surface area contributed by atoms with E-state index in [9.17, 15) is 14.4 Å². The van der Waals surface area contributed by atoms with Crippen molar-refractivity contribution in [2.75, 3.05) is 26.1 Å². The van der Waals surface area contributed by atoms with Gasteiger partial charge < -0.3 is 15.2 Å². The predicted molar refractivity (Wildman–Crippen MR) is 99.3 cm³/mol. The summed E-state index contributed by atoms with van der Waals surface area (Å²) in [5.41, 5.74) is 5.33. The summed E-state index contributed by atoms with van der Waals surface area (Å²) in [6.45, 7) is 2.84. The van der Waals surface area contributed by atoms with Crippen LogP contribution < -0.4 is 26.5 Å². The number of rotatable bonds is 7. The van der Waals surface area contributed by atoms with Crippen LogP contribution in [0.2, 0.25) is 0 Å². The Kier molecular flexibility index (Phi) is 5.31. The molecule has 1 aromatic heterocycles. The fourth-order valence-corrected chi connectivity index (χ4v) is 3.03. The zero-order chi connectivity index (χ0) is 19.6. The summed E-state index contributed by atoms with van der Waals surface area (Å²) >= 11 is 0. The van der Waals surface area contributed by atoms with Crippen molar-refractivity contribution in [3.63, 3.8) is 0 Å². The number of ether oxygens (including phenoxy) is 2. The molecule has 9 nitrogen and oxygen atoms in total. The summed E-state index contributed by atoms with van der Waals surface area (Å²) in [4.78, 5) is 40.5. The second-order valence-electron chi connectivity index (χ2n) is 6.45. The van der Waals surface area contributed by atoms with Gasteiger partial charge in [0.15, 0.2) is 17.3 Å². The number of aromatic nitrogens is 2. The van der Waals surface area contributed by atoms with Crippen molar-refractivity contribution in [3.05, 3.63) is 50.2 Å². The number of Topliss-reactive ketones (excluding diaryl/α,β-unsaturated/α-hetero) is 1. The molecule has 0 atom stereocenters. The summed E-state index contributed by atoms with van der Waals surface area (Å²) in [5, 5.41) is 0. The third kappa shape index (κ3) is 3.87. The minimum atomic E-state index is -0.758. The highest BCUT2D eigenvalue weighted by Gasteiger charge is 2.21. The van der Waals surface area contributed by atoms with Gasteiger partial charge in [0.25, 0.3) is 5.56 Å². The molecule has 0 fully saturated rings. The van der Waals surface area contributed by atoms with Gasteiger partial charge in [-0.25, -0.2) is 4.79 Å². The van der Waals surface area contributed by atoms with E-state index in [2.05, 4.69) is 4.98 Å². The van der Waals surface area contributed by atoms with Crippen molar-refractivity contribution >= 4 is 11.6 Å². The molecule has 0 radical (unpaired) electrons. The van der Waals surface area contributed by atoms with Gasteiger partial charge in [-0.2, -0.15) is 0 Å². The molecule has 1 aliphatic rings. The smallest absolute Gasteiger partial charge is 0.329 e. The van der Waals surface area contributed by atoms with Gasteiger partial charge in [-0.15, -0.1) is 0 Å². The first-order valence-corrected chi connectivity index (χ1v) is 8.63. The summed E-state index contributed by atoms with van der Waals surface area (Å²) in [7, 11) is 1.76. The number of carbonyl (C=O) groups excluding carboxylic acids is 1. The predicted octanol–water partition coefficient (Wildman–Crippen LogP) is 0.572. The summed E-state index contributed by atoms with van der Waals surface area (Å²) in [5.74, 6) is 0.823. The zero-order valence-electron chi connectivity index (χ0n) is 15.3. The molecule has 0 aliphatic carbocycles. The van der Waals surface area contributed by atoms with E-state index >= 15 is 0 Å². The van der Waals surface area contributed by atoms with E-state index in [1.165, 1.54) is 4.57 Å². The van der Waals surface area contributed by atoms with Gasteiger partial charge in [-0.3, -0.25) is 24.0 Å². The average molecular weight is 374 g/mol. The summed E-state index contributed by atoms with van der Waals surface area (Å²) < 4.78 is 11.8. The van der Waals surface area contributed by atoms with Crippen LogP contribution in [-0.4, -0.2) is 40.6 Å². The topological polar surface area (TPSA) is 120 Å². The molecule has 2 heterocycles. The van der Waals surface area contributed by atoms with Crippen LogP contribution in [0.1, 0.15) is 29.3 Å². The molecule has 0 saturated heterocycles. The molecule has 3 rings (SSSR count). The summed E-state index contributed by atoms with van der Waals surface area (Å²) in [6, 6.07) is 5.56. The maximum Gasteiger partial charge on any atom is 0.329 e. The molecule has 27 heavy (non-hydrogen) atoms. The average Bonchev–Trinajstić information content (AvgIpc) is 3.06. The maximum absolute atomic E-state index is 12.6. The van der Waals surface area contributed by atoms with Crippen LogP contribution in [0.4, 0.5) is 5.82 Å². The van der Waals surface area contributed by atoms with Gasteiger partial charge in [0, 0.05) is 13.1 Å². The molecule has 0 unspecified atom stereocenters. The lowest BCUT2D eigenvalue weighted by Gasteiger charge is -2.17. The van der Waals surface area contributed by atoms with E-state index in [1.807, 2.05) is 25.1 Å². The second kappa shape index (κ2) is 7.67. The molecule has 9 heteroatoms. The van der Waals surface area contributed by atoms with Crippen LogP contribution in [0.25, 0.3) is 0 Å². The van der Waals surface area contributed by atoms with Crippen molar-refractivity contribution in [3.8, 4) is 11.5 Å². The molecule has 2 aromatic rings. The number of H-pyrrole nitrogens is 1. The highest BCUT2D eigenvalue weighted by Crippen LogP contribution is 2.32. The van der Waals surface area contributed by atoms with Gasteiger partial charge in [0.2, 0.25) is 6.79 Å². The number of nitrogens with zero attached hydrogens (tertiary/aromatic N) is 2. The van der Waals surface area contributed by atoms with Gasteiger partial charge in [-0.1, -0.05) is 13.0 Å². The van der Waals surface area contributed by atoms with Crippen molar-refractivity contribution in [1.82, 2.24) is 14.5 Å². The van der Waals surface area contributed by atoms with Crippen LogP contribution in [0.15, 0.2) is 27.8 Å². The maximum atomic E-state index is 12.6. The molecule has 0 saturated carbocycles. The number of nitrogens with two attached hydrogens (primary N) is 1. The van der Waals surface area contributed by atoms with Gasteiger partial charge in [0.05, 0.1) is 6.54 Å². The first kappa shape index (κ1) is 18.7. The van der Waals surface area contributed by atoms with Gasteiger partial charge in [-0.05, 0) is 31.2 Å². The number of fused-ring (bicyclic) bond motifs is 1. The minimum Gasteiger partial charge on any atom is -0.454 e. The third-order valence-corrected chi connectivity index (χ3v) is 4.27. The number of nitrogen functional groups attached to an aromatic ring is 1. The van der Waals surface area contributed by atoms with E-state index in [0.29, 0.717) is 31.0 Å². The fourth-order valence-electron chi connectivity index (χ4n) is 3.03. The van der Waals surface area contributed by atoms with E-state index in [1.54, 1.807) is 11.9 Å². The Balaban J connectivity index is 1.76. The van der Waals surface area contributed by atoms with E-state index in [-0.39, 0.29) is 24.7 Å². The standard InChI is InChI=1S/C18H22N4O5/c1-3-6-22-16(19)15(17(24)20-18(22)25)12(23)9-21(2)8-11-4-5-13-14(7-11)27-10-26-13/h4-5,7H,3,6,8-10,19H2,1-2H3,(H,20,24,25). The molecule has 144 valence electrons. The molecular formula is C18H22N4O5. The largest absolute Gasteiger partial charge is 0.454 e. The van der Waals surface area contributed by atoms with Crippen LogP contribution in [0, 0.1) is 0 Å². The Hall–Kier alpha value is -3.07. The number of anilines is 1. The Morgan fingerprint density at radius 2 is 2.04 bits per heavy atom. The van der Waals surface area contributed by atoms with E-state index in [0.717, 1.165) is 5.56 Å². The lowest BCUT2D eigenvalue weighted by Crippen LogP contribution is -2.38. The molecule has 3 N–H and O–H groups in total. The SMILES string of the molecule is CCCn1c(N)c(C(=O)CN(C)Cc2ccc3c(c2)OCO3)c(=O)[nH]c1=O. The number of ketones is 1. The van der Waals surface area contributed by atoms with Crippen molar-refractivity contribution in [2.45, 2.75) is 26.4 Å². The monoisotopic (exact) mass is 374 g/mol. The fraction of sp³-hybridized carbons (Fsp3) is 0.389. The highest BCUT2D eigenvalue weighted by molar-refractivity contribution is 6.01. The Morgan fingerprint density at radius 3 is 2.78 bits per heavy atom. The Bertz CT molecular complexity index is 979. The van der Waals surface area contributed by atoms with Crippen LogP contribution in [0.3, 0.4) is 0 Å². The number of benzene rings is 1. The van der Waals surface area contributed by atoms with Crippen molar-refractivity contribution in [2.24, 2.45) is 0 Å². The lowest BCUT2D eigenvalue weighted by molar-refractivity contribution is 0.0941. The summed E-state index contributed by atoms with van der Waals surface area (Å²) in [6.07, 6.45) is 0.647. The normalized spacial score (nSPS) is 12.6. The first-order valence-electron chi connectivity index (χ1n) is 8.63. The highest BCUT2D eigenvalue weighted by atomic mass is 16.7. The minimum absolute atomic E-state index is 0.0218. The van der Waals surface area contributed by atoms with Crippen molar-refractivity contribution in [1.29, 1.82) is 0 Å². The number of aromatic amines is 1. The molecule has 1 aromatic carbocycles. The van der Waals surface area contributed by atoms with Crippen LogP contribution >= 0.6 is 0 Å². The van der Waals surface area contributed by atoms with Crippen LogP contribution in [0.5, 0.6) is 11.5 Å². The second-order valence-corrected chi connectivity index (χ2v) is 6.45. The number of carbonyl (C=O) groups is 1. The van der Waals surface area contributed by atoms with E-state index in [4.69, 9.17) is 15.2 Å². The zero-order valence-corrected chi connectivity index (χ0v) is 15.3. The number of hydrogen-bond donors (Lipinski definition) is 2. The lowest BCUT2D eigenvalue weighted by atomic mass is 10.1. The number of nitrogens with one attached hydrogen (secondary N) is 1. The van der Waals surface area contributed by atoms with Gasteiger partial charge in [0.1, 0.15) is 11.4 Å². The molecular weight excluding hydrogens is 352 g/mol.